The van der Waals surface area contributed by atoms with E-state index in [0.717, 1.165) is 48.9 Å². The fraction of sp³-hybridized carbons (Fsp3) is 0.500. The zero-order valence-corrected chi connectivity index (χ0v) is 14.6. The van der Waals surface area contributed by atoms with E-state index >= 15 is 0 Å². The molecule has 0 spiro atoms. The van der Waals surface area contributed by atoms with Crippen molar-refractivity contribution in [3.63, 3.8) is 0 Å². The third-order valence-electron chi connectivity index (χ3n) is 5.59. The maximum Gasteiger partial charge on any atom is 0.254 e. The lowest BCUT2D eigenvalue weighted by Crippen LogP contribution is -2.58. The normalized spacial score (nSPS) is 26.4. The zero-order chi connectivity index (χ0) is 17.3. The summed E-state index contributed by atoms with van der Waals surface area (Å²) in [6.07, 6.45) is 4.86. The Balaban J connectivity index is 1.64. The van der Waals surface area contributed by atoms with Gasteiger partial charge in [-0.2, -0.15) is 0 Å². The van der Waals surface area contributed by atoms with Crippen molar-refractivity contribution in [2.24, 2.45) is 5.41 Å². The van der Waals surface area contributed by atoms with Crippen LogP contribution in [0.15, 0.2) is 36.5 Å². The molecule has 0 N–H and O–H groups in total. The minimum atomic E-state index is -0.0796. The van der Waals surface area contributed by atoms with Gasteiger partial charge in [0.15, 0.2) is 0 Å². The minimum absolute atomic E-state index is 0.0796. The summed E-state index contributed by atoms with van der Waals surface area (Å²) in [7, 11) is 1.73. The number of hydrogen-bond donors (Lipinski definition) is 0. The van der Waals surface area contributed by atoms with Crippen LogP contribution in [0.1, 0.15) is 29.6 Å². The number of carbonyl (C=O) groups excluding carboxylic acids is 1. The van der Waals surface area contributed by atoms with Crippen LogP contribution in [0.5, 0.6) is 0 Å². The fourth-order valence-electron chi connectivity index (χ4n) is 4.41. The smallest absolute Gasteiger partial charge is 0.254 e. The van der Waals surface area contributed by atoms with Crippen LogP contribution in [0.4, 0.5) is 0 Å². The second kappa shape index (κ2) is 6.73. The third-order valence-corrected chi connectivity index (χ3v) is 5.59. The average molecular weight is 340 g/mol. The van der Waals surface area contributed by atoms with Crippen LogP contribution < -0.4 is 0 Å². The van der Waals surface area contributed by atoms with E-state index in [1.165, 1.54) is 0 Å². The van der Waals surface area contributed by atoms with E-state index in [9.17, 15) is 4.79 Å². The van der Waals surface area contributed by atoms with Crippen LogP contribution >= 0.6 is 0 Å². The number of likely N-dealkylation sites (tertiary alicyclic amines) is 1. The quantitative estimate of drug-likeness (QED) is 0.862. The minimum Gasteiger partial charge on any atom is -0.384 e. The average Bonchev–Trinajstić information content (AvgIpc) is 2.66. The first-order chi connectivity index (χ1) is 12.2. The van der Waals surface area contributed by atoms with Gasteiger partial charge >= 0.3 is 0 Å². The van der Waals surface area contributed by atoms with E-state index in [2.05, 4.69) is 4.98 Å². The van der Waals surface area contributed by atoms with Crippen molar-refractivity contribution in [1.82, 2.24) is 9.88 Å². The molecule has 2 aliphatic heterocycles. The van der Waals surface area contributed by atoms with E-state index in [1.54, 1.807) is 13.3 Å². The highest BCUT2D eigenvalue weighted by Gasteiger charge is 2.47. The maximum absolute atomic E-state index is 13.3. The highest BCUT2D eigenvalue weighted by atomic mass is 16.5. The Bertz CT molecular complexity index is 769. The Morgan fingerprint density at radius 2 is 2.28 bits per heavy atom. The summed E-state index contributed by atoms with van der Waals surface area (Å²) in [4.78, 5) is 19.6. The molecule has 2 aliphatic rings. The molecule has 2 atom stereocenters. The number of methoxy groups -OCH3 is 1. The van der Waals surface area contributed by atoms with Gasteiger partial charge in [-0.25, -0.2) is 0 Å². The molecule has 132 valence electrons. The van der Waals surface area contributed by atoms with E-state index in [0.29, 0.717) is 13.2 Å². The lowest BCUT2D eigenvalue weighted by Gasteiger charge is -2.50. The van der Waals surface area contributed by atoms with E-state index in [-0.39, 0.29) is 17.4 Å². The third kappa shape index (κ3) is 2.92. The summed E-state index contributed by atoms with van der Waals surface area (Å²) in [6.45, 7) is 2.88. The van der Waals surface area contributed by atoms with Gasteiger partial charge in [0, 0.05) is 43.8 Å². The van der Waals surface area contributed by atoms with Gasteiger partial charge in [-0.1, -0.05) is 18.2 Å². The van der Waals surface area contributed by atoms with Gasteiger partial charge < -0.3 is 14.4 Å². The molecule has 0 bridgehead atoms. The summed E-state index contributed by atoms with van der Waals surface area (Å²) < 4.78 is 11.5. The van der Waals surface area contributed by atoms with Gasteiger partial charge in [-0.05, 0) is 31.4 Å². The number of fused-ring (bicyclic) bond motifs is 2. The summed E-state index contributed by atoms with van der Waals surface area (Å²) >= 11 is 0. The molecule has 25 heavy (non-hydrogen) atoms. The van der Waals surface area contributed by atoms with Gasteiger partial charge in [0.25, 0.3) is 5.91 Å². The van der Waals surface area contributed by atoms with Crippen LogP contribution in [0, 0.1) is 5.41 Å². The topological polar surface area (TPSA) is 51.7 Å². The molecule has 0 unspecified atom stereocenters. The summed E-state index contributed by atoms with van der Waals surface area (Å²) in [5.41, 5.74) is 1.51. The molecule has 1 amide bonds. The Hall–Kier alpha value is -1.98. The van der Waals surface area contributed by atoms with Crippen molar-refractivity contribution < 1.29 is 14.3 Å². The number of pyridine rings is 1. The van der Waals surface area contributed by atoms with Crippen LogP contribution in [0.2, 0.25) is 0 Å². The fourth-order valence-corrected chi connectivity index (χ4v) is 4.41. The molecule has 5 nitrogen and oxygen atoms in total. The molecule has 0 radical (unpaired) electrons. The van der Waals surface area contributed by atoms with Crippen molar-refractivity contribution in [2.75, 3.05) is 33.4 Å². The first kappa shape index (κ1) is 16.5. The van der Waals surface area contributed by atoms with Crippen LogP contribution in [0.25, 0.3) is 10.9 Å². The first-order valence-electron chi connectivity index (χ1n) is 8.97. The second-order valence-corrected chi connectivity index (χ2v) is 7.15. The highest BCUT2D eigenvalue weighted by molar-refractivity contribution is 6.06. The summed E-state index contributed by atoms with van der Waals surface area (Å²) in [6, 6.07) is 9.64. The number of carbonyl (C=O) groups is 1. The molecule has 5 heteroatoms. The number of amides is 1. The van der Waals surface area contributed by atoms with Crippen molar-refractivity contribution in [2.45, 2.75) is 25.4 Å². The van der Waals surface area contributed by atoms with Crippen molar-refractivity contribution in [1.29, 1.82) is 0 Å². The van der Waals surface area contributed by atoms with Gasteiger partial charge in [0.05, 0.1) is 23.8 Å². The first-order valence-corrected chi connectivity index (χ1v) is 8.97. The Labute approximate surface area is 147 Å². The molecular weight excluding hydrogens is 316 g/mol. The van der Waals surface area contributed by atoms with E-state index in [4.69, 9.17) is 9.47 Å². The number of ether oxygens (including phenoxy) is 2. The van der Waals surface area contributed by atoms with Crippen molar-refractivity contribution in [3.8, 4) is 0 Å². The number of para-hydroxylation sites is 1. The Morgan fingerprint density at radius 1 is 1.40 bits per heavy atom. The maximum atomic E-state index is 13.3. The number of benzene rings is 1. The van der Waals surface area contributed by atoms with Gasteiger partial charge in [-0.3, -0.25) is 9.78 Å². The molecule has 1 aromatic heterocycles. The van der Waals surface area contributed by atoms with Gasteiger partial charge in [0.1, 0.15) is 0 Å². The summed E-state index contributed by atoms with van der Waals surface area (Å²) in [5.74, 6) is 0.0816. The Kier molecular flexibility index (Phi) is 4.44. The SMILES string of the molecule is COC[C@]12CCCO[C@@H]1CCN(C(=O)c1ccnc3ccccc13)C2. The standard InChI is InChI=1S/C20H24N2O3/c1-24-14-20-9-4-12-25-18(20)8-11-22(13-20)19(23)16-7-10-21-17-6-3-2-5-15(16)17/h2-3,5-7,10,18H,4,8-9,11-14H2,1H3/t18-,20-/m1/s1. The molecule has 2 aromatic rings. The lowest BCUT2D eigenvalue weighted by molar-refractivity contribution is -0.142. The number of piperidine rings is 1. The van der Waals surface area contributed by atoms with Gasteiger partial charge in [-0.15, -0.1) is 0 Å². The molecule has 0 saturated carbocycles. The number of hydrogen-bond acceptors (Lipinski definition) is 4. The molecule has 2 saturated heterocycles. The van der Waals surface area contributed by atoms with Crippen LogP contribution in [0.3, 0.4) is 0 Å². The summed E-state index contributed by atoms with van der Waals surface area (Å²) in [5, 5.41) is 0.915. The van der Waals surface area contributed by atoms with Crippen LogP contribution in [-0.4, -0.2) is 55.3 Å². The second-order valence-electron chi connectivity index (χ2n) is 7.15. The Morgan fingerprint density at radius 3 is 3.16 bits per heavy atom. The molecular formula is C20H24N2O3. The van der Waals surface area contributed by atoms with Crippen molar-refractivity contribution in [3.05, 3.63) is 42.1 Å². The van der Waals surface area contributed by atoms with Gasteiger partial charge in [0.2, 0.25) is 0 Å². The molecule has 4 rings (SSSR count). The molecule has 0 aliphatic carbocycles. The lowest BCUT2D eigenvalue weighted by atomic mass is 9.73. The van der Waals surface area contributed by atoms with E-state index < -0.39 is 0 Å². The monoisotopic (exact) mass is 340 g/mol. The zero-order valence-electron chi connectivity index (χ0n) is 14.6. The molecule has 1 aromatic carbocycles. The molecule has 2 fully saturated rings. The highest BCUT2D eigenvalue weighted by Crippen LogP contribution is 2.40. The number of nitrogens with zero attached hydrogens (tertiary/aromatic N) is 2. The number of aromatic nitrogens is 1. The predicted molar refractivity (Wildman–Crippen MR) is 95.5 cm³/mol. The largest absolute Gasteiger partial charge is 0.384 e. The van der Waals surface area contributed by atoms with Crippen molar-refractivity contribution >= 4 is 16.8 Å². The predicted octanol–water partition coefficient (Wildman–Crippen LogP) is 2.89. The molecule has 3 heterocycles. The van der Waals surface area contributed by atoms with E-state index in [1.807, 2.05) is 35.2 Å². The van der Waals surface area contributed by atoms with Crippen LogP contribution in [-0.2, 0) is 9.47 Å². The number of rotatable bonds is 3.